The van der Waals surface area contributed by atoms with Crippen molar-refractivity contribution in [3.05, 3.63) is 12.2 Å². The molecule has 4 N–H and O–H groups in total. The molecule has 1 saturated heterocycles. The molecule has 1 fully saturated rings. The predicted octanol–water partition coefficient (Wildman–Crippen LogP) is -1.90. The number of primary amides is 1. The van der Waals surface area contributed by atoms with Gasteiger partial charge in [-0.2, -0.15) is 0 Å². The van der Waals surface area contributed by atoms with Crippen LogP contribution in [0, 0.1) is 0 Å². The number of carbonyl (C=O) groups excluding carboxylic acids is 1. The molecule has 1 aliphatic heterocycles. The third kappa shape index (κ3) is 2.92. The summed E-state index contributed by atoms with van der Waals surface area (Å²) in [4.78, 5) is 14.4. The lowest BCUT2D eigenvalue weighted by atomic mass is 10.2. The number of rotatable bonds is 5. The van der Waals surface area contributed by atoms with Crippen LogP contribution in [0.2, 0.25) is 0 Å². The minimum Gasteiger partial charge on any atom is -0.385 e. The minimum atomic E-state index is -2.81. The lowest BCUT2D eigenvalue weighted by Gasteiger charge is -2.13. The zero-order valence-electron chi connectivity index (χ0n) is 9.90. The number of hydrogen-bond acceptors (Lipinski definition) is 9. The Kier molecular flexibility index (Phi) is 4.26. The van der Waals surface area contributed by atoms with E-state index in [0.29, 0.717) is 0 Å². The van der Waals surface area contributed by atoms with Crippen LogP contribution < -0.4 is 5.73 Å². The SMILES string of the molecule is NC(=O)c1ncn([C@@H]2O[C@H](OCP(=O)=O)[C@@H](O)[C@H]2O)n1. The molecule has 0 bridgehead atoms. The third-order valence-corrected chi connectivity index (χ3v) is 2.89. The first-order valence-electron chi connectivity index (χ1n) is 5.36. The summed E-state index contributed by atoms with van der Waals surface area (Å²) in [5, 5.41) is 23.1. The maximum absolute atomic E-state index is 10.9. The number of hydrogen-bond donors (Lipinski definition) is 3. The van der Waals surface area contributed by atoms with E-state index in [1.807, 2.05) is 0 Å². The molecule has 0 aromatic carbocycles. The predicted molar refractivity (Wildman–Crippen MR) is 58.7 cm³/mol. The Morgan fingerprint density at radius 3 is 2.75 bits per heavy atom. The van der Waals surface area contributed by atoms with Crippen molar-refractivity contribution in [2.45, 2.75) is 24.7 Å². The lowest BCUT2D eigenvalue weighted by Crippen LogP contribution is -2.32. The van der Waals surface area contributed by atoms with Crippen LogP contribution in [0.3, 0.4) is 0 Å². The molecule has 1 aromatic heterocycles. The van der Waals surface area contributed by atoms with Gasteiger partial charge in [0.1, 0.15) is 18.5 Å². The molecule has 2 rings (SSSR count). The Balaban J connectivity index is 2.10. The van der Waals surface area contributed by atoms with Gasteiger partial charge in [0.25, 0.3) is 5.91 Å². The average Bonchev–Trinajstić information content (AvgIpc) is 2.95. The van der Waals surface area contributed by atoms with Gasteiger partial charge in [0.05, 0.1) is 0 Å². The second-order valence-electron chi connectivity index (χ2n) is 3.92. The number of carbonyl (C=O) groups is 1. The first-order valence-corrected chi connectivity index (χ1v) is 6.72. The number of aromatic nitrogens is 3. The molecule has 20 heavy (non-hydrogen) atoms. The summed E-state index contributed by atoms with van der Waals surface area (Å²) in [6, 6.07) is 0. The molecule has 11 nitrogen and oxygen atoms in total. The lowest BCUT2D eigenvalue weighted by molar-refractivity contribution is -0.168. The largest absolute Gasteiger partial charge is 0.385 e. The fourth-order valence-corrected chi connectivity index (χ4v) is 1.90. The van der Waals surface area contributed by atoms with Crippen LogP contribution in [0.25, 0.3) is 0 Å². The van der Waals surface area contributed by atoms with Gasteiger partial charge in [-0.15, -0.1) is 5.10 Å². The van der Waals surface area contributed by atoms with Crippen LogP contribution >= 0.6 is 7.68 Å². The van der Waals surface area contributed by atoms with Crippen LogP contribution in [0.1, 0.15) is 16.8 Å². The number of amides is 1. The third-order valence-electron chi connectivity index (χ3n) is 2.53. The highest BCUT2D eigenvalue weighted by Crippen LogP contribution is 2.30. The summed E-state index contributed by atoms with van der Waals surface area (Å²) in [6.07, 6.45) is -5.02. The average molecular weight is 306 g/mol. The van der Waals surface area contributed by atoms with Crippen molar-refractivity contribution < 1.29 is 33.6 Å². The minimum absolute atomic E-state index is 0.290. The van der Waals surface area contributed by atoms with Crippen LogP contribution in [0.5, 0.6) is 0 Å². The fraction of sp³-hybridized carbons (Fsp3) is 0.625. The van der Waals surface area contributed by atoms with Crippen LogP contribution in [-0.4, -0.2) is 55.7 Å². The zero-order chi connectivity index (χ0) is 14.9. The Morgan fingerprint density at radius 1 is 1.50 bits per heavy atom. The van der Waals surface area contributed by atoms with Gasteiger partial charge >= 0.3 is 7.68 Å². The van der Waals surface area contributed by atoms with Crippen molar-refractivity contribution >= 4 is 13.6 Å². The molecule has 0 saturated carbocycles. The molecule has 0 unspecified atom stereocenters. The number of nitrogens with two attached hydrogens (primary N) is 1. The van der Waals surface area contributed by atoms with E-state index in [9.17, 15) is 24.1 Å². The zero-order valence-corrected chi connectivity index (χ0v) is 10.8. The molecule has 1 amide bonds. The van der Waals surface area contributed by atoms with Crippen molar-refractivity contribution in [1.29, 1.82) is 0 Å². The quantitative estimate of drug-likeness (QED) is 0.526. The Labute approximate surface area is 112 Å². The van der Waals surface area contributed by atoms with Gasteiger partial charge in [0, 0.05) is 0 Å². The van der Waals surface area contributed by atoms with Gasteiger partial charge in [0.15, 0.2) is 18.9 Å². The monoisotopic (exact) mass is 306 g/mol. The number of aliphatic hydroxyl groups is 2. The molecular weight excluding hydrogens is 295 g/mol. The number of aliphatic hydroxyl groups excluding tert-OH is 2. The van der Waals surface area contributed by atoms with Crippen LogP contribution in [0.4, 0.5) is 0 Å². The maximum atomic E-state index is 10.9. The van der Waals surface area contributed by atoms with E-state index in [-0.39, 0.29) is 5.82 Å². The molecular formula is C8H11N4O7P. The summed E-state index contributed by atoms with van der Waals surface area (Å²) >= 11 is 0. The Morgan fingerprint density at radius 2 is 2.20 bits per heavy atom. The van der Waals surface area contributed by atoms with Crippen LogP contribution in [-0.2, 0) is 18.6 Å². The summed E-state index contributed by atoms with van der Waals surface area (Å²) in [5.74, 6) is -1.16. The van der Waals surface area contributed by atoms with Gasteiger partial charge in [-0.25, -0.2) is 18.8 Å². The molecule has 0 spiro atoms. The first kappa shape index (κ1) is 14.8. The normalized spacial score (nSPS) is 29.5. The Bertz CT molecular complexity index is 565. The molecule has 2 heterocycles. The number of ether oxygens (including phenoxy) is 2. The molecule has 110 valence electrons. The van der Waals surface area contributed by atoms with E-state index in [1.165, 1.54) is 0 Å². The molecule has 12 heteroatoms. The Hall–Kier alpha value is -1.65. The molecule has 0 radical (unpaired) electrons. The van der Waals surface area contributed by atoms with E-state index >= 15 is 0 Å². The van der Waals surface area contributed by atoms with Crippen molar-refractivity contribution in [3.8, 4) is 0 Å². The molecule has 4 atom stereocenters. The van der Waals surface area contributed by atoms with Gasteiger partial charge in [-0.1, -0.05) is 0 Å². The molecule has 1 aliphatic rings. The van der Waals surface area contributed by atoms with Gasteiger partial charge in [-0.3, -0.25) is 4.79 Å². The standard InChI is InChI=1S/C8H11N4O7P/c9-5(15)6-10-1-12(11-6)7-3(13)4(14)8(19-7)18-2-20(16)17/h1,3-4,7-8,13-14H,2H2,(H2,9,15)/t3-,4+,7-,8+/m1/s1. The fourth-order valence-electron chi connectivity index (χ4n) is 1.63. The first-order chi connectivity index (χ1) is 9.40. The van der Waals surface area contributed by atoms with Gasteiger partial charge < -0.3 is 25.4 Å². The van der Waals surface area contributed by atoms with E-state index in [4.69, 9.17) is 15.2 Å². The number of nitrogens with zero attached hydrogens (tertiary/aromatic N) is 3. The van der Waals surface area contributed by atoms with Crippen molar-refractivity contribution in [2.24, 2.45) is 5.73 Å². The second kappa shape index (κ2) is 5.77. The van der Waals surface area contributed by atoms with E-state index in [1.54, 1.807) is 0 Å². The highest BCUT2D eigenvalue weighted by atomic mass is 31.1. The summed E-state index contributed by atoms with van der Waals surface area (Å²) in [7, 11) is -2.81. The molecule has 1 aromatic rings. The van der Waals surface area contributed by atoms with Crippen molar-refractivity contribution in [3.63, 3.8) is 0 Å². The smallest absolute Gasteiger partial charge is 0.342 e. The van der Waals surface area contributed by atoms with Crippen LogP contribution in [0.15, 0.2) is 6.33 Å². The summed E-state index contributed by atoms with van der Waals surface area (Å²) in [6.45, 7) is 0. The van der Waals surface area contributed by atoms with E-state index < -0.39 is 44.7 Å². The van der Waals surface area contributed by atoms with Gasteiger partial charge in [-0.05, 0) is 0 Å². The van der Waals surface area contributed by atoms with Crippen molar-refractivity contribution in [1.82, 2.24) is 14.8 Å². The highest BCUT2D eigenvalue weighted by molar-refractivity contribution is 7.30. The van der Waals surface area contributed by atoms with Gasteiger partial charge in [0.2, 0.25) is 5.82 Å². The maximum Gasteiger partial charge on any atom is 0.342 e. The summed E-state index contributed by atoms with van der Waals surface area (Å²) in [5.41, 5.74) is 4.97. The van der Waals surface area contributed by atoms with E-state index in [2.05, 4.69) is 10.1 Å². The second-order valence-corrected chi connectivity index (χ2v) is 4.84. The molecule has 0 aliphatic carbocycles. The van der Waals surface area contributed by atoms with Crippen molar-refractivity contribution in [2.75, 3.05) is 6.35 Å². The highest BCUT2D eigenvalue weighted by Gasteiger charge is 2.45. The topological polar surface area (TPSA) is 167 Å². The summed E-state index contributed by atoms with van der Waals surface area (Å²) < 4.78 is 31.7. The van der Waals surface area contributed by atoms with E-state index in [0.717, 1.165) is 11.0 Å².